The summed E-state index contributed by atoms with van der Waals surface area (Å²) in [6, 6.07) is 38.8. The van der Waals surface area contributed by atoms with E-state index in [1.54, 1.807) is 78.5 Å². The van der Waals surface area contributed by atoms with Crippen molar-refractivity contribution in [3.63, 3.8) is 0 Å². The number of para-hydroxylation sites is 2. The molecule has 9 heteroatoms. The van der Waals surface area contributed by atoms with Crippen molar-refractivity contribution >= 4 is 76.0 Å². The number of fused-ring (bicyclic) bond motifs is 2. The topological polar surface area (TPSA) is 78.5 Å². The van der Waals surface area contributed by atoms with Crippen LogP contribution in [0.5, 0.6) is 0 Å². The summed E-state index contributed by atoms with van der Waals surface area (Å²) in [5.41, 5.74) is 3.50. The molecular formula is C37H28ClN3O3S2. The highest BCUT2D eigenvalue weighted by Crippen LogP contribution is 2.48. The fraction of sp³-hybridized carbons (Fsp3) is 0.0541. The quantitative estimate of drug-likeness (QED) is 0.128. The number of halogens is 1. The third-order valence-electron chi connectivity index (χ3n) is 7.14. The van der Waals surface area contributed by atoms with Gasteiger partial charge in [-0.05, 0) is 91.4 Å². The van der Waals surface area contributed by atoms with Crippen LogP contribution in [0.25, 0.3) is 6.08 Å². The molecule has 0 saturated heterocycles. The van der Waals surface area contributed by atoms with E-state index in [9.17, 15) is 14.4 Å². The van der Waals surface area contributed by atoms with Gasteiger partial charge in [-0.1, -0.05) is 78.0 Å². The number of hydrogen-bond donors (Lipinski definition) is 2. The Morgan fingerprint density at radius 2 is 1.35 bits per heavy atom. The van der Waals surface area contributed by atoms with Crippen molar-refractivity contribution in [3.05, 3.63) is 149 Å². The van der Waals surface area contributed by atoms with E-state index in [0.29, 0.717) is 21.8 Å². The monoisotopic (exact) mass is 661 g/mol. The van der Waals surface area contributed by atoms with E-state index < -0.39 is 11.8 Å². The van der Waals surface area contributed by atoms with Gasteiger partial charge in [-0.3, -0.25) is 19.3 Å². The Bertz CT molecular complexity index is 1880. The lowest BCUT2D eigenvalue weighted by molar-refractivity contribution is -0.117. The van der Waals surface area contributed by atoms with Gasteiger partial charge in [-0.25, -0.2) is 0 Å². The highest BCUT2D eigenvalue weighted by Gasteiger charge is 2.31. The molecule has 5 aromatic carbocycles. The summed E-state index contributed by atoms with van der Waals surface area (Å²) in [5.74, 6) is -0.906. The van der Waals surface area contributed by atoms with E-state index >= 15 is 0 Å². The molecule has 46 heavy (non-hydrogen) atoms. The zero-order valence-electron chi connectivity index (χ0n) is 24.6. The minimum absolute atomic E-state index is 0.0197. The van der Waals surface area contributed by atoms with Gasteiger partial charge < -0.3 is 10.6 Å². The van der Waals surface area contributed by atoms with E-state index in [1.807, 2.05) is 78.6 Å². The highest BCUT2D eigenvalue weighted by molar-refractivity contribution is 8.00. The van der Waals surface area contributed by atoms with Crippen LogP contribution in [0.1, 0.15) is 22.8 Å². The molecule has 0 aromatic heterocycles. The Morgan fingerprint density at radius 3 is 1.98 bits per heavy atom. The van der Waals surface area contributed by atoms with Gasteiger partial charge in [0.1, 0.15) is 5.70 Å². The lowest BCUT2D eigenvalue weighted by atomic mass is 10.1. The molecule has 6 nitrogen and oxygen atoms in total. The smallest absolute Gasteiger partial charge is 0.272 e. The second kappa shape index (κ2) is 14.1. The molecule has 0 bridgehead atoms. The van der Waals surface area contributed by atoms with Gasteiger partial charge in [0.25, 0.3) is 11.8 Å². The zero-order chi connectivity index (χ0) is 32.0. The van der Waals surface area contributed by atoms with Crippen LogP contribution in [0.4, 0.5) is 17.1 Å². The molecule has 0 aliphatic carbocycles. The van der Waals surface area contributed by atoms with Crippen LogP contribution in [0.3, 0.4) is 0 Å². The molecule has 5 aromatic rings. The number of anilines is 3. The third-order valence-corrected chi connectivity index (χ3v) is 9.62. The number of amides is 3. The third kappa shape index (κ3) is 7.21. The number of rotatable bonds is 8. The number of nitrogens with one attached hydrogen (secondary N) is 2. The number of thioether (sulfide) groups is 1. The maximum atomic E-state index is 13.9. The number of carbonyl (C=O) groups excluding carboxylic acids is 3. The molecule has 0 fully saturated rings. The number of benzene rings is 5. The van der Waals surface area contributed by atoms with Crippen LogP contribution in [-0.4, -0.2) is 23.0 Å². The predicted octanol–water partition coefficient (Wildman–Crippen LogP) is 9.06. The minimum atomic E-state index is -0.483. The standard InChI is InChI=1S/C37H28ClN3O3S2/c1-24(37(44)41-31-11-5-7-13-33(31)46-34-14-8-6-12-32(34)41)45-29-21-19-28(20-22-29)39-36(43)30(23-25-15-17-27(38)18-16-25)40-35(42)26-9-3-2-4-10-26/h2-24H,1H3,(H,39,43)(H,40,42)/b30-23-. The largest absolute Gasteiger partial charge is 0.321 e. The Morgan fingerprint density at radius 1 is 0.761 bits per heavy atom. The van der Waals surface area contributed by atoms with E-state index in [1.165, 1.54) is 11.8 Å². The molecule has 2 N–H and O–H groups in total. The number of carbonyl (C=O) groups is 3. The molecule has 6 rings (SSSR count). The molecule has 1 atom stereocenters. The van der Waals surface area contributed by atoms with E-state index in [-0.39, 0.29) is 16.9 Å². The van der Waals surface area contributed by atoms with E-state index in [0.717, 1.165) is 26.1 Å². The zero-order valence-corrected chi connectivity index (χ0v) is 27.0. The summed E-state index contributed by atoms with van der Waals surface area (Å²) in [5, 5.41) is 5.80. The summed E-state index contributed by atoms with van der Waals surface area (Å²) in [7, 11) is 0. The van der Waals surface area contributed by atoms with Crippen LogP contribution in [0, 0.1) is 0 Å². The van der Waals surface area contributed by atoms with E-state index in [4.69, 9.17) is 11.6 Å². The molecule has 228 valence electrons. The van der Waals surface area contributed by atoms with Crippen LogP contribution in [0.2, 0.25) is 5.02 Å². The maximum Gasteiger partial charge on any atom is 0.272 e. The first-order valence-electron chi connectivity index (χ1n) is 14.5. The Kier molecular flexibility index (Phi) is 9.59. The van der Waals surface area contributed by atoms with Crippen molar-refractivity contribution in [2.24, 2.45) is 0 Å². The number of hydrogen-bond acceptors (Lipinski definition) is 5. The molecule has 0 spiro atoms. The van der Waals surface area contributed by atoms with Crippen molar-refractivity contribution in [1.29, 1.82) is 0 Å². The van der Waals surface area contributed by atoms with Crippen LogP contribution >= 0.6 is 35.1 Å². The lowest BCUT2D eigenvalue weighted by Crippen LogP contribution is -2.34. The molecule has 1 heterocycles. The molecular weight excluding hydrogens is 634 g/mol. The molecule has 3 amide bonds. The summed E-state index contributed by atoms with van der Waals surface area (Å²) in [6.45, 7) is 1.90. The normalized spacial score (nSPS) is 12.8. The highest BCUT2D eigenvalue weighted by atomic mass is 35.5. The molecule has 1 aliphatic heterocycles. The lowest BCUT2D eigenvalue weighted by Gasteiger charge is -2.32. The minimum Gasteiger partial charge on any atom is -0.321 e. The Labute approximate surface area is 280 Å². The Hall–Kier alpha value is -4.76. The average Bonchev–Trinajstić information content (AvgIpc) is 3.08. The second-order valence-electron chi connectivity index (χ2n) is 10.4. The van der Waals surface area contributed by atoms with Crippen molar-refractivity contribution in [1.82, 2.24) is 5.32 Å². The first-order valence-corrected chi connectivity index (χ1v) is 16.5. The van der Waals surface area contributed by atoms with Crippen molar-refractivity contribution in [2.45, 2.75) is 26.9 Å². The molecule has 1 aliphatic rings. The van der Waals surface area contributed by atoms with Gasteiger partial charge in [0.05, 0.1) is 16.6 Å². The number of nitrogens with zero attached hydrogens (tertiary/aromatic N) is 1. The van der Waals surface area contributed by atoms with Gasteiger partial charge in [-0.2, -0.15) is 0 Å². The SMILES string of the molecule is CC(Sc1ccc(NC(=O)/C(=C/c2ccc(Cl)cc2)NC(=O)c2ccccc2)cc1)C(=O)N1c2ccccc2Sc2ccccc21. The van der Waals surface area contributed by atoms with Gasteiger partial charge in [0.15, 0.2) is 0 Å². The van der Waals surface area contributed by atoms with E-state index in [2.05, 4.69) is 10.6 Å². The summed E-state index contributed by atoms with van der Waals surface area (Å²) < 4.78 is 0. The first kappa shape index (κ1) is 31.2. The maximum absolute atomic E-state index is 13.9. The summed E-state index contributed by atoms with van der Waals surface area (Å²) in [6.07, 6.45) is 1.60. The van der Waals surface area contributed by atoms with Crippen molar-refractivity contribution < 1.29 is 14.4 Å². The molecule has 1 unspecified atom stereocenters. The van der Waals surface area contributed by atoms with Crippen LogP contribution in [-0.2, 0) is 9.59 Å². The summed E-state index contributed by atoms with van der Waals surface area (Å²) >= 11 is 9.14. The van der Waals surface area contributed by atoms with Crippen molar-refractivity contribution in [3.8, 4) is 0 Å². The Balaban J connectivity index is 1.16. The van der Waals surface area contributed by atoms with Gasteiger partial charge in [0, 0.05) is 31.0 Å². The van der Waals surface area contributed by atoms with Gasteiger partial charge >= 0.3 is 0 Å². The fourth-order valence-corrected chi connectivity index (χ4v) is 6.95. The fourth-order valence-electron chi connectivity index (χ4n) is 4.86. The first-order chi connectivity index (χ1) is 22.4. The predicted molar refractivity (Wildman–Crippen MR) is 188 cm³/mol. The van der Waals surface area contributed by atoms with Gasteiger partial charge in [-0.15, -0.1) is 11.8 Å². The second-order valence-corrected chi connectivity index (χ2v) is 13.3. The van der Waals surface area contributed by atoms with Gasteiger partial charge in [0.2, 0.25) is 5.91 Å². The average molecular weight is 662 g/mol. The van der Waals surface area contributed by atoms with Crippen LogP contribution in [0.15, 0.2) is 148 Å². The summed E-state index contributed by atoms with van der Waals surface area (Å²) in [4.78, 5) is 45.0. The molecule has 0 radical (unpaired) electrons. The molecule has 0 saturated carbocycles. The van der Waals surface area contributed by atoms with Crippen LogP contribution < -0.4 is 15.5 Å². The van der Waals surface area contributed by atoms with Crippen molar-refractivity contribution in [2.75, 3.05) is 10.2 Å².